The van der Waals surface area contributed by atoms with Crippen LogP contribution in [0, 0.1) is 13.8 Å². The van der Waals surface area contributed by atoms with Crippen LogP contribution in [0.4, 0.5) is 0 Å². The lowest BCUT2D eigenvalue weighted by Crippen LogP contribution is -2.07. The van der Waals surface area contributed by atoms with E-state index < -0.39 is 0 Å². The zero-order valence-electron chi connectivity index (χ0n) is 7.59. The summed E-state index contributed by atoms with van der Waals surface area (Å²) in [4.78, 5) is 18.3. The van der Waals surface area contributed by atoms with Crippen LogP contribution < -0.4 is 5.56 Å². The summed E-state index contributed by atoms with van der Waals surface area (Å²) in [5.74, 6) is 0. The molecule has 1 N–H and O–H groups in total. The molecule has 2 aromatic rings. The monoisotopic (exact) mass is 174 g/mol. The van der Waals surface area contributed by atoms with Gasteiger partial charge in [-0.1, -0.05) is 0 Å². The quantitative estimate of drug-likeness (QED) is 0.658. The SMILES string of the molecule is Cc1cc2cc[nH]c(=O)c2c(C)n1. The van der Waals surface area contributed by atoms with Gasteiger partial charge in [0.05, 0.1) is 11.1 Å². The smallest absolute Gasteiger partial charge is 0.257 e. The van der Waals surface area contributed by atoms with E-state index in [1.165, 1.54) is 0 Å². The van der Waals surface area contributed by atoms with Gasteiger partial charge in [-0.05, 0) is 31.4 Å². The van der Waals surface area contributed by atoms with E-state index in [0.717, 1.165) is 16.8 Å². The Morgan fingerprint density at radius 2 is 2.15 bits per heavy atom. The number of H-pyrrole nitrogens is 1. The van der Waals surface area contributed by atoms with Gasteiger partial charge in [-0.25, -0.2) is 0 Å². The molecule has 3 nitrogen and oxygen atoms in total. The van der Waals surface area contributed by atoms with Crippen molar-refractivity contribution in [1.29, 1.82) is 0 Å². The summed E-state index contributed by atoms with van der Waals surface area (Å²) >= 11 is 0. The van der Waals surface area contributed by atoms with E-state index >= 15 is 0 Å². The molecule has 0 amide bonds. The first-order valence-corrected chi connectivity index (χ1v) is 4.14. The van der Waals surface area contributed by atoms with Gasteiger partial charge >= 0.3 is 0 Å². The standard InChI is InChI=1S/C10H10N2O/c1-6-5-8-3-4-11-10(13)9(8)7(2)12-6/h3-5H,1-2H3,(H,11,13). The minimum absolute atomic E-state index is 0.0671. The van der Waals surface area contributed by atoms with Crippen molar-refractivity contribution in [3.63, 3.8) is 0 Å². The van der Waals surface area contributed by atoms with Crippen molar-refractivity contribution in [2.24, 2.45) is 0 Å². The molecule has 0 bridgehead atoms. The Labute approximate surface area is 75.4 Å². The molecule has 0 unspecified atom stereocenters. The van der Waals surface area contributed by atoms with Crippen LogP contribution in [0.5, 0.6) is 0 Å². The van der Waals surface area contributed by atoms with Crippen molar-refractivity contribution in [3.05, 3.63) is 40.1 Å². The van der Waals surface area contributed by atoms with Crippen molar-refractivity contribution in [1.82, 2.24) is 9.97 Å². The Hall–Kier alpha value is -1.64. The maximum absolute atomic E-state index is 11.4. The number of pyridine rings is 2. The van der Waals surface area contributed by atoms with Gasteiger partial charge < -0.3 is 4.98 Å². The first-order chi connectivity index (χ1) is 6.18. The van der Waals surface area contributed by atoms with Crippen molar-refractivity contribution < 1.29 is 0 Å². The van der Waals surface area contributed by atoms with Crippen LogP contribution in [-0.4, -0.2) is 9.97 Å². The molecule has 0 radical (unpaired) electrons. The highest BCUT2D eigenvalue weighted by Gasteiger charge is 2.02. The molecule has 66 valence electrons. The fraction of sp³-hybridized carbons (Fsp3) is 0.200. The predicted octanol–water partition coefficient (Wildman–Crippen LogP) is 1.54. The lowest BCUT2D eigenvalue weighted by atomic mass is 10.1. The Balaban J connectivity index is 3.03. The summed E-state index contributed by atoms with van der Waals surface area (Å²) in [6.45, 7) is 3.78. The van der Waals surface area contributed by atoms with E-state index in [4.69, 9.17) is 0 Å². The fourth-order valence-electron chi connectivity index (χ4n) is 1.56. The minimum atomic E-state index is -0.0671. The van der Waals surface area contributed by atoms with Crippen molar-refractivity contribution in [3.8, 4) is 0 Å². The van der Waals surface area contributed by atoms with Gasteiger partial charge in [0.15, 0.2) is 0 Å². The lowest BCUT2D eigenvalue weighted by Gasteiger charge is -2.01. The van der Waals surface area contributed by atoms with E-state index in [2.05, 4.69) is 9.97 Å². The van der Waals surface area contributed by atoms with Gasteiger partial charge in [0.25, 0.3) is 5.56 Å². The topological polar surface area (TPSA) is 45.8 Å². The maximum atomic E-state index is 11.4. The number of aryl methyl sites for hydroxylation is 2. The predicted molar refractivity (Wildman–Crippen MR) is 51.8 cm³/mol. The molecule has 0 atom stereocenters. The van der Waals surface area contributed by atoms with E-state index in [-0.39, 0.29) is 5.56 Å². The highest BCUT2D eigenvalue weighted by molar-refractivity contribution is 5.83. The number of nitrogens with zero attached hydrogens (tertiary/aromatic N) is 1. The molecule has 0 fully saturated rings. The summed E-state index contributed by atoms with van der Waals surface area (Å²) in [6, 6.07) is 3.80. The Kier molecular flexibility index (Phi) is 1.65. The van der Waals surface area contributed by atoms with Crippen LogP contribution in [0.15, 0.2) is 23.1 Å². The van der Waals surface area contributed by atoms with Gasteiger partial charge in [0, 0.05) is 11.9 Å². The van der Waals surface area contributed by atoms with Gasteiger partial charge in [-0.3, -0.25) is 9.78 Å². The van der Waals surface area contributed by atoms with E-state index in [0.29, 0.717) is 5.39 Å². The zero-order valence-corrected chi connectivity index (χ0v) is 7.59. The lowest BCUT2D eigenvalue weighted by molar-refractivity contribution is 1.13. The molecule has 0 aliphatic rings. The van der Waals surface area contributed by atoms with Gasteiger partial charge in [0.1, 0.15) is 0 Å². The van der Waals surface area contributed by atoms with Gasteiger partial charge in [0.2, 0.25) is 0 Å². The second-order valence-corrected chi connectivity index (χ2v) is 3.12. The molecular formula is C10H10N2O. The number of rotatable bonds is 0. The molecular weight excluding hydrogens is 164 g/mol. The molecule has 0 aliphatic carbocycles. The molecule has 0 aliphatic heterocycles. The summed E-state index contributed by atoms with van der Waals surface area (Å²) in [5, 5.41) is 1.64. The molecule has 0 saturated heterocycles. The fourth-order valence-corrected chi connectivity index (χ4v) is 1.56. The molecule has 13 heavy (non-hydrogen) atoms. The summed E-state index contributed by atoms with van der Waals surface area (Å²) < 4.78 is 0. The first kappa shape index (κ1) is 7.98. The largest absolute Gasteiger partial charge is 0.329 e. The third kappa shape index (κ3) is 1.22. The number of fused-ring (bicyclic) bond motifs is 1. The normalized spacial score (nSPS) is 10.6. The van der Waals surface area contributed by atoms with E-state index in [1.54, 1.807) is 6.20 Å². The maximum Gasteiger partial charge on any atom is 0.257 e. The van der Waals surface area contributed by atoms with Crippen LogP contribution in [0.3, 0.4) is 0 Å². The average molecular weight is 174 g/mol. The molecule has 2 aromatic heterocycles. The zero-order chi connectivity index (χ0) is 9.42. The second-order valence-electron chi connectivity index (χ2n) is 3.12. The summed E-state index contributed by atoms with van der Waals surface area (Å²) in [7, 11) is 0. The molecule has 2 rings (SSSR count). The third-order valence-electron chi connectivity index (χ3n) is 2.06. The van der Waals surface area contributed by atoms with Crippen LogP contribution in [0.1, 0.15) is 11.4 Å². The number of hydrogen-bond donors (Lipinski definition) is 1. The van der Waals surface area contributed by atoms with Crippen molar-refractivity contribution in [2.75, 3.05) is 0 Å². The minimum Gasteiger partial charge on any atom is -0.329 e. The number of aromatic nitrogens is 2. The Morgan fingerprint density at radius 3 is 2.92 bits per heavy atom. The highest BCUT2D eigenvalue weighted by Crippen LogP contribution is 2.12. The number of nitrogens with one attached hydrogen (secondary N) is 1. The molecule has 2 heterocycles. The molecule has 0 aromatic carbocycles. The first-order valence-electron chi connectivity index (χ1n) is 4.14. The highest BCUT2D eigenvalue weighted by atomic mass is 16.1. The summed E-state index contributed by atoms with van der Waals surface area (Å²) in [6.07, 6.45) is 1.66. The number of aromatic amines is 1. The van der Waals surface area contributed by atoms with Gasteiger partial charge in [-0.15, -0.1) is 0 Å². The van der Waals surface area contributed by atoms with Gasteiger partial charge in [-0.2, -0.15) is 0 Å². The van der Waals surface area contributed by atoms with Crippen LogP contribution in [0.2, 0.25) is 0 Å². The molecule has 3 heteroatoms. The second kappa shape index (κ2) is 2.69. The van der Waals surface area contributed by atoms with E-state index in [1.807, 2.05) is 26.0 Å². The summed E-state index contributed by atoms with van der Waals surface area (Å²) in [5.41, 5.74) is 1.66. The molecule has 0 spiro atoms. The third-order valence-corrected chi connectivity index (χ3v) is 2.06. The van der Waals surface area contributed by atoms with Crippen LogP contribution >= 0.6 is 0 Å². The Bertz CT molecular complexity index is 514. The van der Waals surface area contributed by atoms with Crippen molar-refractivity contribution in [2.45, 2.75) is 13.8 Å². The average Bonchev–Trinajstić information content (AvgIpc) is 2.02. The Morgan fingerprint density at radius 1 is 1.38 bits per heavy atom. The van der Waals surface area contributed by atoms with Crippen molar-refractivity contribution >= 4 is 10.8 Å². The van der Waals surface area contributed by atoms with Crippen LogP contribution in [0.25, 0.3) is 10.8 Å². The molecule has 0 saturated carbocycles. The van der Waals surface area contributed by atoms with Crippen LogP contribution in [-0.2, 0) is 0 Å². The van der Waals surface area contributed by atoms with E-state index in [9.17, 15) is 4.79 Å². The number of hydrogen-bond acceptors (Lipinski definition) is 2.